The molecule has 0 amide bonds. The Morgan fingerprint density at radius 2 is 1.89 bits per heavy atom. The van der Waals surface area contributed by atoms with Crippen molar-refractivity contribution in [1.29, 1.82) is 0 Å². The summed E-state index contributed by atoms with van der Waals surface area (Å²) < 4.78 is 2.15. The molecule has 0 aliphatic carbocycles. The quantitative estimate of drug-likeness (QED) is 0.745. The lowest BCUT2D eigenvalue weighted by atomic mass is 10.3. The number of aromatic nitrogens is 3. The zero-order valence-electron chi connectivity index (χ0n) is 10.2. The Balaban J connectivity index is 2.07. The van der Waals surface area contributed by atoms with Crippen molar-refractivity contribution in [2.24, 2.45) is 0 Å². The summed E-state index contributed by atoms with van der Waals surface area (Å²) in [6.45, 7) is 2.70. The van der Waals surface area contributed by atoms with E-state index in [0.29, 0.717) is 12.4 Å². The molecule has 90 valence electrons. The van der Waals surface area contributed by atoms with Gasteiger partial charge in [0.15, 0.2) is 0 Å². The third-order valence-electron chi connectivity index (χ3n) is 2.99. The van der Waals surface area contributed by atoms with E-state index in [1.54, 1.807) is 6.07 Å². The van der Waals surface area contributed by atoms with Gasteiger partial charge in [0.1, 0.15) is 11.6 Å². The monoisotopic (exact) mass is 238 g/mol. The molecule has 0 unspecified atom stereocenters. The normalized spacial score (nSPS) is 10.9. The van der Waals surface area contributed by atoms with Gasteiger partial charge in [0.05, 0.1) is 23.3 Å². The zero-order valence-corrected chi connectivity index (χ0v) is 10.2. The molecule has 0 aliphatic heterocycles. The SMILES string of the molecule is Cc1nc2ccccc2n1Cc1cccc(N)n1. The highest BCUT2D eigenvalue weighted by atomic mass is 15.1. The third-order valence-corrected chi connectivity index (χ3v) is 2.99. The molecule has 2 aromatic heterocycles. The van der Waals surface area contributed by atoms with Gasteiger partial charge in [0, 0.05) is 0 Å². The summed E-state index contributed by atoms with van der Waals surface area (Å²) in [7, 11) is 0. The summed E-state index contributed by atoms with van der Waals surface area (Å²) in [6, 6.07) is 13.8. The van der Waals surface area contributed by atoms with E-state index in [4.69, 9.17) is 5.73 Å². The number of hydrogen-bond acceptors (Lipinski definition) is 3. The first-order valence-electron chi connectivity index (χ1n) is 5.87. The molecule has 0 saturated heterocycles. The Hall–Kier alpha value is -2.36. The molecule has 3 aromatic rings. The molecule has 0 aliphatic rings. The van der Waals surface area contributed by atoms with Gasteiger partial charge >= 0.3 is 0 Å². The molecule has 0 spiro atoms. The van der Waals surface area contributed by atoms with E-state index in [1.807, 2.05) is 37.3 Å². The second kappa shape index (κ2) is 4.14. The van der Waals surface area contributed by atoms with Gasteiger partial charge in [-0.15, -0.1) is 0 Å². The average molecular weight is 238 g/mol. The first kappa shape index (κ1) is 10.8. The molecule has 2 heterocycles. The molecule has 4 nitrogen and oxygen atoms in total. The van der Waals surface area contributed by atoms with Gasteiger partial charge in [-0.25, -0.2) is 9.97 Å². The third kappa shape index (κ3) is 1.82. The summed E-state index contributed by atoms with van der Waals surface area (Å²) >= 11 is 0. The zero-order chi connectivity index (χ0) is 12.5. The van der Waals surface area contributed by atoms with E-state index >= 15 is 0 Å². The van der Waals surface area contributed by atoms with Crippen LogP contribution in [0.2, 0.25) is 0 Å². The van der Waals surface area contributed by atoms with E-state index in [0.717, 1.165) is 22.6 Å². The number of benzene rings is 1. The Kier molecular flexibility index (Phi) is 2.48. The smallest absolute Gasteiger partial charge is 0.123 e. The summed E-state index contributed by atoms with van der Waals surface area (Å²) in [5, 5.41) is 0. The maximum absolute atomic E-state index is 5.70. The van der Waals surface area contributed by atoms with Crippen LogP contribution in [0.3, 0.4) is 0 Å². The number of rotatable bonds is 2. The molecule has 0 atom stereocenters. The number of imidazole rings is 1. The van der Waals surface area contributed by atoms with Crippen LogP contribution in [0.25, 0.3) is 11.0 Å². The van der Waals surface area contributed by atoms with Crippen LogP contribution >= 0.6 is 0 Å². The van der Waals surface area contributed by atoms with E-state index in [9.17, 15) is 0 Å². The number of pyridine rings is 1. The van der Waals surface area contributed by atoms with E-state index in [-0.39, 0.29) is 0 Å². The number of hydrogen-bond donors (Lipinski definition) is 1. The molecular weight excluding hydrogens is 224 g/mol. The van der Waals surface area contributed by atoms with Gasteiger partial charge in [-0.05, 0) is 31.2 Å². The lowest BCUT2D eigenvalue weighted by molar-refractivity contribution is 0.765. The van der Waals surface area contributed by atoms with Crippen molar-refractivity contribution >= 4 is 16.9 Å². The van der Waals surface area contributed by atoms with E-state index in [1.165, 1.54) is 0 Å². The maximum Gasteiger partial charge on any atom is 0.123 e. The lowest BCUT2D eigenvalue weighted by Crippen LogP contribution is -2.04. The standard InChI is InChI=1S/C14H14N4/c1-10-16-12-6-2-3-7-13(12)18(10)9-11-5-4-8-14(15)17-11/h2-8H,9H2,1H3,(H2,15,17). The molecule has 3 rings (SSSR count). The van der Waals surface area contributed by atoms with Crippen molar-refractivity contribution in [3.63, 3.8) is 0 Å². The Bertz CT molecular complexity index is 700. The van der Waals surface area contributed by atoms with Crippen molar-refractivity contribution in [3.8, 4) is 0 Å². The second-order valence-corrected chi connectivity index (χ2v) is 4.29. The first-order valence-corrected chi connectivity index (χ1v) is 5.87. The minimum atomic E-state index is 0.551. The maximum atomic E-state index is 5.70. The number of para-hydroxylation sites is 2. The molecule has 4 heteroatoms. The van der Waals surface area contributed by atoms with E-state index in [2.05, 4.69) is 20.6 Å². The number of nitrogen functional groups attached to an aromatic ring is 1. The summed E-state index contributed by atoms with van der Waals surface area (Å²) in [5.74, 6) is 1.54. The van der Waals surface area contributed by atoms with Gasteiger partial charge in [-0.2, -0.15) is 0 Å². The van der Waals surface area contributed by atoms with Crippen molar-refractivity contribution in [2.45, 2.75) is 13.5 Å². The fourth-order valence-electron chi connectivity index (χ4n) is 2.14. The summed E-state index contributed by atoms with van der Waals surface area (Å²) in [6.07, 6.45) is 0. The molecule has 0 saturated carbocycles. The summed E-state index contributed by atoms with van der Waals surface area (Å²) in [4.78, 5) is 8.86. The van der Waals surface area contributed by atoms with Gasteiger partial charge in [0.25, 0.3) is 0 Å². The van der Waals surface area contributed by atoms with Gasteiger partial charge < -0.3 is 10.3 Å². The van der Waals surface area contributed by atoms with Crippen LogP contribution in [0, 0.1) is 6.92 Å². The highest BCUT2D eigenvalue weighted by Gasteiger charge is 2.07. The molecule has 0 bridgehead atoms. The van der Waals surface area contributed by atoms with Crippen LogP contribution in [-0.4, -0.2) is 14.5 Å². The fraction of sp³-hybridized carbons (Fsp3) is 0.143. The fourth-order valence-corrected chi connectivity index (χ4v) is 2.14. The number of nitrogens with zero attached hydrogens (tertiary/aromatic N) is 3. The topological polar surface area (TPSA) is 56.7 Å². The average Bonchev–Trinajstić information content (AvgIpc) is 2.66. The predicted molar refractivity (Wildman–Crippen MR) is 72.2 cm³/mol. The van der Waals surface area contributed by atoms with Crippen molar-refractivity contribution in [2.75, 3.05) is 5.73 Å². The van der Waals surface area contributed by atoms with Crippen LogP contribution in [0.4, 0.5) is 5.82 Å². The molecule has 18 heavy (non-hydrogen) atoms. The molecule has 2 N–H and O–H groups in total. The Morgan fingerprint density at radius 1 is 1.06 bits per heavy atom. The van der Waals surface area contributed by atoms with Crippen LogP contribution in [0.1, 0.15) is 11.5 Å². The second-order valence-electron chi connectivity index (χ2n) is 4.29. The van der Waals surface area contributed by atoms with E-state index < -0.39 is 0 Å². The van der Waals surface area contributed by atoms with Crippen molar-refractivity contribution in [1.82, 2.24) is 14.5 Å². The Morgan fingerprint density at radius 3 is 2.72 bits per heavy atom. The van der Waals surface area contributed by atoms with Crippen LogP contribution in [-0.2, 0) is 6.54 Å². The number of aryl methyl sites for hydroxylation is 1. The molecule has 0 fully saturated rings. The van der Waals surface area contributed by atoms with Gasteiger partial charge in [-0.3, -0.25) is 0 Å². The predicted octanol–water partition coefficient (Wildman–Crippen LogP) is 2.37. The van der Waals surface area contributed by atoms with Gasteiger partial charge in [-0.1, -0.05) is 18.2 Å². The van der Waals surface area contributed by atoms with Crippen LogP contribution in [0.15, 0.2) is 42.5 Å². The van der Waals surface area contributed by atoms with Crippen LogP contribution in [0.5, 0.6) is 0 Å². The number of anilines is 1. The van der Waals surface area contributed by atoms with Crippen LogP contribution < -0.4 is 5.73 Å². The summed E-state index contributed by atoms with van der Waals surface area (Å²) in [5.41, 5.74) is 8.79. The van der Waals surface area contributed by atoms with Gasteiger partial charge in [0.2, 0.25) is 0 Å². The van der Waals surface area contributed by atoms with Crippen molar-refractivity contribution in [3.05, 3.63) is 54.0 Å². The lowest BCUT2D eigenvalue weighted by Gasteiger charge is -2.06. The molecule has 1 aromatic carbocycles. The van der Waals surface area contributed by atoms with Crippen molar-refractivity contribution < 1.29 is 0 Å². The first-order chi connectivity index (χ1) is 8.74. The Labute approximate surface area is 105 Å². The highest BCUT2D eigenvalue weighted by molar-refractivity contribution is 5.75. The minimum Gasteiger partial charge on any atom is -0.384 e. The molecule has 0 radical (unpaired) electrons. The highest BCUT2D eigenvalue weighted by Crippen LogP contribution is 2.16. The number of nitrogens with two attached hydrogens (primary N) is 1. The molecular formula is C14H14N4. The minimum absolute atomic E-state index is 0.551. The number of fused-ring (bicyclic) bond motifs is 1. The largest absolute Gasteiger partial charge is 0.384 e.